The second-order valence-corrected chi connectivity index (χ2v) is 5.18. The van der Waals surface area contributed by atoms with Gasteiger partial charge < -0.3 is 9.84 Å². The van der Waals surface area contributed by atoms with Gasteiger partial charge in [-0.3, -0.25) is 10.4 Å². The number of aromatic carboxylic acids is 1. The SMILES string of the molecule is O=C(Nc1n[nH]c(C(=O)O)c1-c1ccccc1)OCc1ccccc1. The summed E-state index contributed by atoms with van der Waals surface area (Å²) < 4.78 is 5.14. The molecule has 3 rings (SSSR count). The van der Waals surface area contributed by atoms with Crippen LogP contribution in [0.15, 0.2) is 60.7 Å². The minimum absolute atomic E-state index is 0.0988. The summed E-state index contributed by atoms with van der Waals surface area (Å²) in [7, 11) is 0. The molecule has 0 unspecified atom stereocenters. The zero-order valence-corrected chi connectivity index (χ0v) is 13.1. The van der Waals surface area contributed by atoms with E-state index in [4.69, 9.17) is 4.74 Å². The van der Waals surface area contributed by atoms with Gasteiger partial charge in [-0.2, -0.15) is 5.10 Å². The van der Waals surface area contributed by atoms with Crippen molar-refractivity contribution in [3.8, 4) is 11.1 Å². The van der Waals surface area contributed by atoms with Crippen molar-refractivity contribution in [1.29, 1.82) is 0 Å². The van der Waals surface area contributed by atoms with E-state index < -0.39 is 12.1 Å². The van der Waals surface area contributed by atoms with Crippen LogP contribution >= 0.6 is 0 Å². The van der Waals surface area contributed by atoms with Gasteiger partial charge in [-0.1, -0.05) is 60.7 Å². The molecule has 0 atom stereocenters. The number of ether oxygens (including phenoxy) is 1. The summed E-state index contributed by atoms with van der Waals surface area (Å²) in [4.78, 5) is 23.4. The summed E-state index contributed by atoms with van der Waals surface area (Å²) in [5, 5.41) is 18.1. The number of benzene rings is 2. The lowest BCUT2D eigenvalue weighted by atomic mass is 10.1. The molecule has 126 valence electrons. The van der Waals surface area contributed by atoms with Crippen molar-refractivity contribution in [3.05, 3.63) is 71.9 Å². The molecule has 0 aliphatic carbocycles. The Bertz CT molecular complexity index is 876. The first-order valence-electron chi connectivity index (χ1n) is 7.50. The number of carbonyl (C=O) groups excluding carboxylic acids is 1. The van der Waals surface area contributed by atoms with E-state index in [1.165, 1.54) is 0 Å². The molecule has 0 fully saturated rings. The Labute approximate surface area is 143 Å². The Balaban J connectivity index is 1.78. The van der Waals surface area contributed by atoms with Gasteiger partial charge in [0.15, 0.2) is 11.5 Å². The molecule has 0 saturated carbocycles. The first-order chi connectivity index (χ1) is 12.1. The van der Waals surface area contributed by atoms with Crippen LogP contribution in [-0.4, -0.2) is 27.4 Å². The van der Waals surface area contributed by atoms with E-state index in [0.717, 1.165) is 5.56 Å². The predicted molar refractivity (Wildman–Crippen MR) is 91.2 cm³/mol. The molecular formula is C18H15N3O4. The highest BCUT2D eigenvalue weighted by Gasteiger charge is 2.21. The van der Waals surface area contributed by atoms with Gasteiger partial charge in [0.05, 0.1) is 5.56 Å². The van der Waals surface area contributed by atoms with Crippen LogP contribution in [0.1, 0.15) is 16.1 Å². The third kappa shape index (κ3) is 3.84. The van der Waals surface area contributed by atoms with Crippen LogP contribution in [-0.2, 0) is 11.3 Å². The number of carbonyl (C=O) groups is 2. The second-order valence-electron chi connectivity index (χ2n) is 5.18. The first kappa shape index (κ1) is 16.3. The second kappa shape index (κ2) is 7.31. The molecule has 7 nitrogen and oxygen atoms in total. The molecule has 0 aliphatic heterocycles. The molecule has 0 radical (unpaired) electrons. The number of hydrogen-bond donors (Lipinski definition) is 3. The topological polar surface area (TPSA) is 104 Å². The minimum Gasteiger partial charge on any atom is -0.477 e. The van der Waals surface area contributed by atoms with Crippen LogP contribution in [0.2, 0.25) is 0 Å². The largest absolute Gasteiger partial charge is 0.477 e. The maximum absolute atomic E-state index is 12.0. The van der Waals surface area contributed by atoms with Crippen molar-refractivity contribution < 1.29 is 19.4 Å². The Morgan fingerprint density at radius 2 is 1.68 bits per heavy atom. The quantitative estimate of drug-likeness (QED) is 0.661. The number of amides is 1. The zero-order chi connectivity index (χ0) is 17.6. The van der Waals surface area contributed by atoms with Crippen LogP contribution in [0.25, 0.3) is 11.1 Å². The summed E-state index contributed by atoms with van der Waals surface area (Å²) >= 11 is 0. The number of carboxylic acids is 1. The fourth-order valence-corrected chi connectivity index (χ4v) is 2.33. The van der Waals surface area contributed by atoms with E-state index in [1.807, 2.05) is 36.4 Å². The van der Waals surface area contributed by atoms with Crippen molar-refractivity contribution in [2.45, 2.75) is 6.61 Å². The smallest absolute Gasteiger partial charge is 0.413 e. The van der Waals surface area contributed by atoms with Gasteiger partial charge in [0.25, 0.3) is 0 Å². The molecule has 3 aromatic rings. The van der Waals surface area contributed by atoms with E-state index in [0.29, 0.717) is 11.1 Å². The molecule has 1 aromatic heterocycles. The number of aromatic amines is 1. The van der Waals surface area contributed by atoms with Gasteiger partial charge in [-0.15, -0.1) is 0 Å². The Kier molecular flexibility index (Phi) is 4.75. The lowest BCUT2D eigenvalue weighted by Crippen LogP contribution is -2.14. The average molecular weight is 337 g/mol. The lowest BCUT2D eigenvalue weighted by Gasteiger charge is -2.07. The monoisotopic (exact) mass is 337 g/mol. The number of aromatic nitrogens is 2. The molecule has 7 heteroatoms. The van der Waals surface area contributed by atoms with E-state index in [-0.39, 0.29) is 18.1 Å². The van der Waals surface area contributed by atoms with Gasteiger partial charge >= 0.3 is 12.1 Å². The van der Waals surface area contributed by atoms with Crippen LogP contribution in [0.3, 0.4) is 0 Å². The third-order valence-electron chi connectivity index (χ3n) is 3.48. The summed E-state index contributed by atoms with van der Waals surface area (Å²) in [6, 6.07) is 18.0. The molecule has 0 aliphatic rings. The summed E-state index contributed by atoms with van der Waals surface area (Å²) in [6.45, 7) is 0.101. The number of nitrogens with zero attached hydrogens (tertiary/aromatic N) is 1. The van der Waals surface area contributed by atoms with Crippen molar-refractivity contribution in [2.24, 2.45) is 0 Å². The van der Waals surface area contributed by atoms with Crippen molar-refractivity contribution in [3.63, 3.8) is 0 Å². The van der Waals surface area contributed by atoms with Gasteiger partial charge in [0, 0.05) is 0 Å². The Hall–Kier alpha value is -3.61. The number of anilines is 1. The van der Waals surface area contributed by atoms with Crippen molar-refractivity contribution >= 4 is 17.9 Å². The summed E-state index contributed by atoms with van der Waals surface area (Å²) in [5.74, 6) is -1.07. The molecule has 0 spiro atoms. The van der Waals surface area contributed by atoms with E-state index in [2.05, 4.69) is 15.5 Å². The van der Waals surface area contributed by atoms with E-state index in [9.17, 15) is 14.7 Å². The minimum atomic E-state index is -1.17. The highest BCUT2D eigenvalue weighted by atomic mass is 16.5. The van der Waals surface area contributed by atoms with E-state index in [1.54, 1.807) is 24.3 Å². The number of H-pyrrole nitrogens is 1. The van der Waals surface area contributed by atoms with Crippen LogP contribution < -0.4 is 5.32 Å². The predicted octanol–water partition coefficient (Wildman–Crippen LogP) is 3.52. The van der Waals surface area contributed by atoms with E-state index >= 15 is 0 Å². The number of rotatable bonds is 5. The Morgan fingerprint density at radius 1 is 1.04 bits per heavy atom. The zero-order valence-electron chi connectivity index (χ0n) is 13.1. The van der Waals surface area contributed by atoms with Crippen LogP contribution in [0.5, 0.6) is 0 Å². The van der Waals surface area contributed by atoms with Gasteiger partial charge in [-0.25, -0.2) is 9.59 Å². The van der Waals surface area contributed by atoms with Crippen LogP contribution in [0.4, 0.5) is 10.6 Å². The molecule has 0 saturated heterocycles. The molecule has 1 amide bonds. The average Bonchev–Trinajstić information content (AvgIpc) is 3.05. The van der Waals surface area contributed by atoms with Gasteiger partial charge in [-0.05, 0) is 11.1 Å². The molecule has 1 heterocycles. The highest BCUT2D eigenvalue weighted by Crippen LogP contribution is 2.29. The highest BCUT2D eigenvalue weighted by molar-refractivity contribution is 6.00. The maximum atomic E-state index is 12.0. The standard InChI is InChI=1S/C18H15N3O4/c22-17(23)15-14(13-9-5-2-6-10-13)16(21-20-15)19-18(24)25-11-12-7-3-1-4-8-12/h1-10H,11H2,(H,22,23)(H2,19,20,21,24). The van der Waals surface area contributed by atoms with Crippen molar-refractivity contribution in [1.82, 2.24) is 10.2 Å². The molecule has 3 N–H and O–H groups in total. The number of nitrogens with one attached hydrogen (secondary N) is 2. The number of carboxylic acid groups (broad SMARTS) is 1. The molecule has 2 aromatic carbocycles. The third-order valence-corrected chi connectivity index (χ3v) is 3.48. The normalized spacial score (nSPS) is 10.2. The fourth-order valence-electron chi connectivity index (χ4n) is 2.33. The molecule has 0 bridgehead atoms. The van der Waals surface area contributed by atoms with Crippen LogP contribution in [0, 0.1) is 0 Å². The molecule has 25 heavy (non-hydrogen) atoms. The first-order valence-corrected chi connectivity index (χ1v) is 7.50. The summed E-state index contributed by atoms with van der Waals surface area (Å²) in [5.41, 5.74) is 1.65. The number of hydrogen-bond acceptors (Lipinski definition) is 4. The van der Waals surface area contributed by atoms with Gasteiger partial charge in [0.2, 0.25) is 0 Å². The Morgan fingerprint density at radius 3 is 2.32 bits per heavy atom. The maximum Gasteiger partial charge on any atom is 0.413 e. The lowest BCUT2D eigenvalue weighted by molar-refractivity contribution is 0.0691. The van der Waals surface area contributed by atoms with Gasteiger partial charge in [0.1, 0.15) is 6.61 Å². The molecular weight excluding hydrogens is 322 g/mol. The summed E-state index contributed by atoms with van der Waals surface area (Å²) in [6.07, 6.45) is -0.718. The fraction of sp³-hybridized carbons (Fsp3) is 0.0556. The van der Waals surface area contributed by atoms with Crippen molar-refractivity contribution in [2.75, 3.05) is 5.32 Å².